The molecular formula is C14H15BrO2. The number of aliphatic hydroxyl groups excluding tert-OH is 1. The number of rotatable bonds is 5. The van der Waals surface area contributed by atoms with Gasteiger partial charge >= 0.3 is 0 Å². The predicted molar refractivity (Wildman–Crippen MR) is 70.7 cm³/mol. The second kappa shape index (κ2) is 6.03. The maximum absolute atomic E-state index is 9.98. The number of aliphatic hydroxyl groups is 1. The fraction of sp³-hybridized carbons (Fsp3) is 0.286. The van der Waals surface area contributed by atoms with Crippen molar-refractivity contribution in [1.82, 2.24) is 0 Å². The molecule has 0 saturated heterocycles. The van der Waals surface area contributed by atoms with E-state index in [2.05, 4.69) is 28.1 Å². The maximum Gasteiger partial charge on any atom is 0.174 e. The minimum Gasteiger partial charge on any atom is -0.457 e. The van der Waals surface area contributed by atoms with Crippen LogP contribution >= 0.6 is 15.9 Å². The first-order valence-corrected chi connectivity index (χ1v) is 6.51. The fourth-order valence-corrected chi connectivity index (χ4v) is 2.35. The van der Waals surface area contributed by atoms with E-state index < -0.39 is 6.10 Å². The third kappa shape index (κ3) is 3.45. The van der Waals surface area contributed by atoms with E-state index in [0.29, 0.717) is 4.67 Å². The normalized spacial score (nSPS) is 12.6. The molecule has 0 radical (unpaired) electrons. The molecule has 1 atom stereocenters. The van der Waals surface area contributed by atoms with Crippen molar-refractivity contribution >= 4 is 15.9 Å². The van der Waals surface area contributed by atoms with Gasteiger partial charge in [-0.1, -0.05) is 30.3 Å². The monoisotopic (exact) mass is 294 g/mol. The molecule has 0 fully saturated rings. The molecule has 1 heterocycles. The summed E-state index contributed by atoms with van der Waals surface area (Å²) in [6, 6.07) is 12.1. The number of furan rings is 1. The number of hydrogen-bond acceptors (Lipinski definition) is 2. The molecule has 0 bridgehead atoms. The van der Waals surface area contributed by atoms with Crippen molar-refractivity contribution in [3.05, 3.63) is 58.5 Å². The molecule has 17 heavy (non-hydrogen) atoms. The van der Waals surface area contributed by atoms with Crippen LogP contribution in [0, 0.1) is 0 Å². The molecule has 2 rings (SSSR count). The first-order valence-electron chi connectivity index (χ1n) is 5.72. The number of halogens is 1. The van der Waals surface area contributed by atoms with Crippen LogP contribution in [0.15, 0.2) is 51.7 Å². The highest BCUT2D eigenvalue weighted by atomic mass is 79.9. The summed E-state index contributed by atoms with van der Waals surface area (Å²) in [6.07, 6.45) is 3.83. The van der Waals surface area contributed by atoms with Gasteiger partial charge in [-0.3, -0.25) is 0 Å². The summed E-state index contributed by atoms with van der Waals surface area (Å²) in [5.74, 6) is 0. The zero-order valence-electron chi connectivity index (χ0n) is 9.47. The van der Waals surface area contributed by atoms with Gasteiger partial charge in [0.15, 0.2) is 4.67 Å². The second-order valence-electron chi connectivity index (χ2n) is 4.04. The van der Waals surface area contributed by atoms with E-state index in [-0.39, 0.29) is 0 Å². The summed E-state index contributed by atoms with van der Waals surface area (Å²) < 4.78 is 5.74. The minimum atomic E-state index is -0.452. The summed E-state index contributed by atoms with van der Waals surface area (Å²) >= 11 is 3.28. The molecule has 0 saturated carbocycles. The maximum atomic E-state index is 9.98. The average molecular weight is 295 g/mol. The zero-order chi connectivity index (χ0) is 12.1. The Balaban J connectivity index is 1.81. The van der Waals surface area contributed by atoms with E-state index in [1.54, 1.807) is 12.3 Å². The van der Waals surface area contributed by atoms with Gasteiger partial charge < -0.3 is 9.52 Å². The van der Waals surface area contributed by atoms with Crippen LogP contribution in [0.3, 0.4) is 0 Å². The van der Waals surface area contributed by atoms with E-state index in [1.807, 2.05) is 18.2 Å². The molecule has 0 aliphatic rings. The van der Waals surface area contributed by atoms with Crippen LogP contribution in [0.25, 0.3) is 0 Å². The molecule has 0 aliphatic carbocycles. The molecule has 1 unspecified atom stereocenters. The Kier molecular flexibility index (Phi) is 4.40. The molecule has 0 aliphatic heterocycles. The van der Waals surface area contributed by atoms with Gasteiger partial charge in [-0.2, -0.15) is 0 Å². The molecule has 2 nitrogen and oxygen atoms in total. The highest BCUT2D eigenvalue weighted by Crippen LogP contribution is 2.27. The number of aryl methyl sites for hydroxylation is 1. The van der Waals surface area contributed by atoms with Crippen LogP contribution in [-0.2, 0) is 6.42 Å². The zero-order valence-corrected chi connectivity index (χ0v) is 11.1. The van der Waals surface area contributed by atoms with E-state index in [1.165, 1.54) is 5.56 Å². The van der Waals surface area contributed by atoms with Crippen LogP contribution in [-0.4, -0.2) is 5.11 Å². The van der Waals surface area contributed by atoms with Crippen molar-refractivity contribution in [3.8, 4) is 0 Å². The molecule has 1 N–H and O–H groups in total. The van der Waals surface area contributed by atoms with Crippen molar-refractivity contribution in [2.45, 2.75) is 25.4 Å². The van der Waals surface area contributed by atoms with Gasteiger partial charge in [0, 0.05) is 5.56 Å². The van der Waals surface area contributed by atoms with Gasteiger partial charge in [0.05, 0.1) is 12.4 Å². The van der Waals surface area contributed by atoms with Crippen molar-refractivity contribution in [1.29, 1.82) is 0 Å². The van der Waals surface area contributed by atoms with Crippen LogP contribution in [0.5, 0.6) is 0 Å². The van der Waals surface area contributed by atoms with Gasteiger partial charge in [0.25, 0.3) is 0 Å². The van der Waals surface area contributed by atoms with Crippen LogP contribution in [0.4, 0.5) is 0 Å². The summed E-state index contributed by atoms with van der Waals surface area (Å²) in [5, 5.41) is 9.98. The lowest BCUT2D eigenvalue weighted by molar-refractivity contribution is 0.162. The SMILES string of the molecule is OC(CCCc1ccccc1)c1ccoc1Br. The average Bonchev–Trinajstić information content (AvgIpc) is 2.77. The lowest BCUT2D eigenvalue weighted by atomic mass is 10.0. The second-order valence-corrected chi connectivity index (χ2v) is 4.76. The Labute approximate surface area is 109 Å². The summed E-state index contributed by atoms with van der Waals surface area (Å²) in [6.45, 7) is 0. The Hall–Kier alpha value is -1.06. The highest BCUT2D eigenvalue weighted by molar-refractivity contribution is 9.10. The molecule has 2 aromatic rings. The molecule has 0 spiro atoms. The van der Waals surface area contributed by atoms with E-state index >= 15 is 0 Å². The van der Waals surface area contributed by atoms with Crippen LogP contribution < -0.4 is 0 Å². The standard InChI is InChI=1S/C14H15BrO2/c15-14-12(9-10-17-14)13(16)8-4-7-11-5-2-1-3-6-11/h1-3,5-6,9-10,13,16H,4,7-8H2. The van der Waals surface area contributed by atoms with Gasteiger partial charge in [0.2, 0.25) is 0 Å². The molecule has 90 valence electrons. The Morgan fingerprint density at radius 3 is 2.59 bits per heavy atom. The van der Waals surface area contributed by atoms with E-state index in [4.69, 9.17) is 4.42 Å². The molecule has 1 aromatic carbocycles. The van der Waals surface area contributed by atoms with E-state index in [0.717, 1.165) is 24.8 Å². The van der Waals surface area contributed by atoms with Gasteiger partial charge in [0.1, 0.15) is 0 Å². The Morgan fingerprint density at radius 2 is 1.94 bits per heavy atom. The Morgan fingerprint density at radius 1 is 1.18 bits per heavy atom. The van der Waals surface area contributed by atoms with Crippen molar-refractivity contribution < 1.29 is 9.52 Å². The highest BCUT2D eigenvalue weighted by Gasteiger charge is 2.13. The van der Waals surface area contributed by atoms with Crippen molar-refractivity contribution in [2.24, 2.45) is 0 Å². The van der Waals surface area contributed by atoms with Gasteiger partial charge in [-0.15, -0.1) is 0 Å². The van der Waals surface area contributed by atoms with Gasteiger partial charge in [-0.25, -0.2) is 0 Å². The topological polar surface area (TPSA) is 33.4 Å². The molecular weight excluding hydrogens is 280 g/mol. The minimum absolute atomic E-state index is 0.452. The summed E-state index contributed by atoms with van der Waals surface area (Å²) in [7, 11) is 0. The fourth-order valence-electron chi connectivity index (χ4n) is 1.84. The third-order valence-electron chi connectivity index (χ3n) is 2.79. The van der Waals surface area contributed by atoms with E-state index in [9.17, 15) is 5.11 Å². The predicted octanol–water partition coefficient (Wildman–Crippen LogP) is 4.10. The smallest absolute Gasteiger partial charge is 0.174 e. The lowest BCUT2D eigenvalue weighted by Crippen LogP contribution is -1.97. The first-order chi connectivity index (χ1) is 8.27. The molecule has 0 amide bonds. The first kappa shape index (κ1) is 12.4. The number of benzene rings is 1. The largest absolute Gasteiger partial charge is 0.457 e. The summed E-state index contributed by atoms with van der Waals surface area (Å²) in [4.78, 5) is 0. The van der Waals surface area contributed by atoms with Crippen LogP contribution in [0.2, 0.25) is 0 Å². The Bertz CT molecular complexity index is 450. The molecule has 3 heteroatoms. The van der Waals surface area contributed by atoms with Crippen LogP contribution in [0.1, 0.15) is 30.1 Å². The molecule has 1 aromatic heterocycles. The van der Waals surface area contributed by atoms with Crippen molar-refractivity contribution in [2.75, 3.05) is 0 Å². The number of hydrogen-bond donors (Lipinski definition) is 1. The quantitative estimate of drug-likeness (QED) is 0.901. The lowest BCUT2D eigenvalue weighted by Gasteiger charge is -2.08. The third-order valence-corrected chi connectivity index (χ3v) is 3.44. The van der Waals surface area contributed by atoms with Gasteiger partial charge in [-0.05, 0) is 46.8 Å². The van der Waals surface area contributed by atoms with Crippen molar-refractivity contribution in [3.63, 3.8) is 0 Å². The summed E-state index contributed by atoms with van der Waals surface area (Å²) in [5.41, 5.74) is 2.14.